The fourth-order valence-corrected chi connectivity index (χ4v) is 12.6. The molecule has 48 heavy (non-hydrogen) atoms. The number of carbonyl (C=O) groups excluding carboxylic acids is 2. The van der Waals surface area contributed by atoms with Crippen molar-refractivity contribution < 1.29 is 39.5 Å². The first kappa shape index (κ1) is 37.9. The van der Waals surface area contributed by atoms with Gasteiger partial charge >= 0.3 is 11.9 Å². The zero-order chi connectivity index (χ0) is 35.8. The summed E-state index contributed by atoms with van der Waals surface area (Å²) in [7, 11) is 0. The van der Waals surface area contributed by atoms with E-state index in [1.807, 2.05) is 20.8 Å². The lowest BCUT2D eigenvalue weighted by Crippen LogP contribution is -2.74. The van der Waals surface area contributed by atoms with E-state index < -0.39 is 68.1 Å². The first-order valence-corrected chi connectivity index (χ1v) is 18.6. The van der Waals surface area contributed by atoms with Gasteiger partial charge in [0.1, 0.15) is 12.2 Å². The van der Waals surface area contributed by atoms with Crippen molar-refractivity contribution in [1.29, 1.82) is 0 Å². The number of carbonyl (C=O) groups is 2. The lowest BCUT2D eigenvalue weighted by Gasteiger charge is -2.71. The third kappa shape index (κ3) is 5.23. The summed E-state index contributed by atoms with van der Waals surface area (Å²) in [5, 5.41) is 46.8. The molecule has 8 nitrogen and oxygen atoms in total. The van der Waals surface area contributed by atoms with Gasteiger partial charge in [0.15, 0.2) is 0 Å². The summed E-state index contributed by atoms with van der Waals surface area (Å²) < 4.78 is 10.6. The molecular weight excluding hydrogens is 649 g/mol. The standard InChI is InChI=1S/C38H58O8S2/c1-9-21(3)31(43)45-20-34(7)25-13-16-38(48)26(37(25,47)15-14-27(34)40)12-11-23-24-17-33(5,6)30(46-32(44)22(4)10-2)29(42)36(24,19-39)28(41)18-35(23,38)8/h9-11,24-30,39-42,47-48H,12-20H2,1-8H3/b21-9+,22-10+/t24?,25?,26?,27-,28+,29-,30-,34+,35+,36-,37+,38-/m0/s1. The summed E-state index contributed by atoms with van der Waals surface area (Å²) in [5.74, 6) is -1.33. The number of allylic oxidation sites excluding steroid dienone is 4. The van der Waals surface area contributed by atoms with Crippen LogP contribution in [-0.2, 0) is 19.1 Å². The lowest BCUT2D eigenvalue weighted by molar-refractivity contribution is -0.246. The first-order chi connectivity index (χ1) is 22.2. The molecule has 4 N–H and O–H groups in total. The molecule has 4 saturated carbocycles. The van der Waals surface area contributed by atoms with E-state index in [0.29, 0.717) is 49.7 Å². The van der Waals surface area contributed by atoms with Crippen LogP contribution in [0.25, 0.3) is 0 Å². The summed E-state index contributed by atoms with van der Waals surface area (Å²) in [6.45, 7) is 14.8. The van der Waals surface area contributed by atoms with E-state index in [9.17, 15) is 30.0 Å². The number of aliphatic hydroxyl groups is 4. The van der Waals surface area contributed by atoms with E-state index >= 15 is 0 Å². The first-order valence-electron chi connectivity index (χ1n) is 17.7. The SMILES string of the molecule is C/C=C(\C)C(=O)OC[C@]1(C)C2CC[C@]3(S)C(CC=C4C5CC(C)(C)[C@@H](OC(=O)/C(C)=C/C)[C@H](O)[C@]5(CO)[C@H](O)C[C@]43C)[C@@]2(S)CC[C@@H]1O. The van der Waals surface area contributed by atoms with Crippen molar-refractivity contribution in [3.63, 3.8) is 0 Å². The quantitative estimate of drug-likeness (QED) is 0.0939. The van der Waals surface area contributed by atoms with E-state index in [4.69, 9.17) is 34.7 Å². The van der Waals surface area contributed by atoms with Gasteiger partial charge in [0.2, 0.25) is 0 Å². The van der Waals surface area contributed by atoms with Gasteiger partial charge in [-0.1, -0.05) is 51.5 Å². The predicted molar refractivity (Wildman–Crippen MR) is 192 cm³/mol. The summed E-state index contributed by atoms with van der Waals surface area (Å²) in [6.07, 6.45) is 5.77. The highest BCUT2D eigenvalue weighted by Crippen LogP contribution is 2.73. The predicted octanol–water partition coefficient (Wildman–Crippen LogP) is 5.38. The topological polar surface area (TPSA) is 134 Å². The van der Waals surface area contributed by atoms with Crippen LogP contribution in [0.15, 0.2) is 34.9 Å². The fraction of sp³-hybridized carbons (Fsp3) is 0.789. The van der Waals surface area contributed by atoms with Crippen LogP contribution in [0.2, 0.25) is 0 Å². The molecule has 4 fully saturated rings. The van der Waals surface area contributed by atoms with Gasteiger partial charge in [-0.25, -0.2) is 9.59 Å². The van der Waals surface area contributed by atoms with E-state index in [1.165, 1.54) is 0 Å². The molecule has 12 atom stereocenters. The van der Waals surface area contributed by atoms with Crippen LogP contribution >= 0.6 is 25.3 Å². The Balaban J connectivity index is 1.53. The van der Waals surface area contributed by atoms with Crippen molar-refractivity contribution in [1.82, 2.24) is 0 Å². The van der Waals surface area contributed by atoms with Gasteiger partial charge in [-0.3, -0.25) is 0 Å². The summed E-state index contributed by atoms with van der Waals surface area (Å²) >= 11 is 11.1. The fourth-order valence-electron chi connectivity index (χ4n) is 10.9. The van der Waals surface area contributed by atoms with Crippen LogP contribution in [-0.4, -0.2) is 79.5 Å². The van der Waals surface area contributed by atoms with Crippen molar-refractivity contribution in [2.75, 3.05) is 13.2 Å². The highest BCUT2D eigenvalue weighted by molar-refractivity contribution is 7.83. The van der Waals surface area contributed by atoms with Gasteiger partial charge in [-0.05, 0) is 90.4 Å². The van der Waals surface area contributed by atoms with E-state index in [2.05, 4.69) is 13.0 Å². The third-order valence-electron chi connectivity index (χ3n) is 14.3. The molecular formula is C38H58O8S2. The second kappa shape index (κ2) is 12.7. The second-order valence-corrected chi connectivity index (χ2v) is 18.5. The normalized spacial score (nSPS) is 47.0. The molecule has 270 valence electrons. The van der Waals surface area contributed by atoms with Crippen LogP contribution in [0, 0.1) is 39.4 Å². The zero-order valence-electron chi connectivity index (χ0n) is 30.0. The van der Waals surface area contributed by atoms with Gasteiger partial charge in [-0.15, -0.1) is 0 Å². The maximum atomic E-state index is 12.9. The number of hydrogen-bond donors (Lipinski definition) is 6. The molecule has 0 amide bonds. The number of ether oxygens (including phenoxy) is 2. The summed E-state index contributed by atoms with van der Waals surface area (Å²) in [4.78, 5) is 25.6. The molecule has 5 aliphatic carbocycles. The third-order valence-corrected chi connectivity index (χ3v) is 16.1. The molecule has 5 rings (SSSR count). The maximum absolute atomic E-state index is 12.9. The largest absolute Gasteiger partial charge is 0.462 e. The van der Waals surface area contributed by atoms with Crippen molar-refractivity contribution in [2.24, 2.45) is 39.4 Å². The molecule has 0 aromatic rings. The molecule has 0 aromatic heterocycles. The van der Waals surface area contributed by atoms with Gasteiger partial charge in [0.25, 0.3) is 0 Å². The molecule has 5 aliphatic rings. The molecule has 0 aromatic carbocycles. The molecule has 0 aliphatic heterocycles. The number of thiol groups is 2. The van der Waals surface area contributed by atoms with Crippen LogP contribution in [0.1, 0.15) is 100 Å². The van der Waals surface area contributed by atoms with Gasteiger partial charge < -0.3 is 29.9 Å². The van der Waals surface area contributed by atoms with Crippen LogP contribution in [0.3, 0.4) is 0 Å². The number of fused-ring (bicyclic) bond motifs is 7. The van der Waals surface area contributed by atoms with Crippen molar-refractivity contribution in [3.8, 4) is 0 Å². The van der Waals surface area contributed by atoms with Crippen LogP contribution in [0.5, 0.6) is 0 Å². The Morgan fingerprint density at radius 3 is 2.15 bits per heavy atom. The Morgan fingerprint density at radius 1 is 0.917 bits per heavy atom. The Hall–Kier alpha value is -1.30. The van der Waals surface area contributed by atoms with Crippen molar-refractivity contribution in [3.05, 3.63) is 34.9 Å². The number of hydrogen-bond acceptors (Lipinski definition) is 10. The van der Waals surface area contributed by atoms with E-state index in [-0.39, 0.29) is 36.8 Å². The number of esters is 2. The summed E-state index contributed by atoms with van der Waals surface area (Å²) in [6, 6.07) is 0. The summed E-state index contributed by atoms with van der Waals surface area (Å²) in [5.41, 5.74) is -1.20. The smallest absolute Gasteiger partial charge is 0.333 e. The Morgan fingerprint density at radius 2 is 1.54 bits per heavy atom. The Kier molecular flexibility index (Phi) is 10.1. The molecule has 0 radical (unpaired) electrons. The van der Waals surface area contributed by atoms with E-state index in [1.54, 1.807) is 39.8 Å². The zero-order valence-corrected chi connectivity index (χ0v) is 31.7. The van der Waals surface area contributed by atoms with Crippen molar-refractivity contribution >= 4 is 37.2 Å². The molecule has 0 heterocycles. The number of rotatable bonds is 6. The average Bonchev–Trinajstić information content (AvgIpc) is 3.03. The van der Waals surface area contributed by atoms with Gasteiger partial charge in [0.05, 0.1) is 30.8 Å². The molecule has 10 heteroatoms. The Bertz CT molecular complexity index is 1410. The highest BCUT2D eigenvalue weighted by atomic mass is 32.1. The van der Waals surface area contributed by atoms with Gasteiger partial charge in [0, 0.05) is 36.9 Å². The minimum Gasteiger partial charge on any atom is -0.462 e. The van der Waals surface area contributed by atoms with Crippen molar-refractivity contribution in [2.45, 2.75) is 134 Å². The maximum Gasteiger partial charge on any atom is 0.333 e. The molecule has 0 bridgehead atoms. The highest BCUT2D eigenvalue weighted by Gasteiger charge is 2.73. The Labute approximate surface area is 297 Å². The van der Waals surface area contributed by atoms with E-state index in [0.717, 1.165) is 5.57 Å². The lowest BCUT2D eigenvalue weighted by atomic mass is 9.39. The minimum absolute atomic E-state index is 0.0168. The monoisotopic (exact) mass is 706 g/mol. The molecule has 0 saturated heterocycles. The van der Waals surface area contributed by atoms with Crippen LogP contribution in [0.4, 0.5) is 0 Å². The minimum atomic E-state index is -1.31. The van der Waals surface area contributed by atoms with Gasteiger partial charge in [-0.2, -0.15) is 25.3 Å². The number of aliphatic hydroxyl groups excluding tert-OH is 4. The average molecular weight is 707 g/mol. The molecule has 0 spiro atoms. The molecule has 3 unspecified atom stereocenters. The second-order valence-electron chi connectivity index (χ2n) is 16.9. The van der Waals surface area contributed by atoms with Crippen LogP contribution < -0.4 is 0 Å².